The van der Waals surface area contributed by atoms with Crippen molar-refractivity contribution in [2.24, 2.45) is 5.92 Å². The van der Waals surface area contributed by atoms with Crippen LogP contribution in [-0.2, 0) is 9.53 Å². The fraction of sp³-hybridized carbons (Fsp3) is 0.815. The van der Waals surface area contributed by atoms with Crippen molar-refractivity contribution >= 4 is 19.4 Å². The molecule has 178 valence electrons. The van der Waals surface area contributed by atoms with Crippen molar-refractivity contribution in [1.82, 2.24) is 0 Å². The van der Waals surface area contributed by atoms with Crippen LogP contribution in [0, 0.1) is 5.92 Å². The number of furan rings is 1. The standard InChI is InChI=1S/C27H48O3Si/c1-5-6-7-8-9-10-11-12-13-17-20-25(24-21-26(29-22-24)31(2,3)4)30-27(28)23-18-15-14-16-19-23/h21-23,25H,5-20H2,1-4H3. The zero-order valence-corrected chi connectivity index (χ0v) is 21.8. The Morgan fingerprint density at radius 3 is 2.10 bits per heavy atom. The van der Waals surface area contributed by atoms with Gasteiger partial charge in [-0.1, -0.05) is 104 Å². The summed E-state index contributed by atoms with van der Waals surface area (Å²) in [5.74, 6) is 0.125. The largest absolute Gasteiger partial charge is 0.474 e. The Labute approximate surface area is 192 Å². The first kappa shape index (κ1) is 26.2. The lowest BCUT2D eigenvalue weighted by Crippen LogP contribution is -2.36. The molecule has 1 aromatic rings. The van der Waals surface area contributed by atoms with E-state index in [0.717, 1.165) is 49.5 Å². The average molecular weight is 449 g/mol. The summed E-state index contributed by atoms with van der Waals surface area (Å²) in [6.07, 6.45) is 21.4. The molecular weight excluding hydrogens is 400 g/mol. The SMILES string of the molecule is CCCCCCCCCCCCC(OC(=O)C1CCCCC1)c1coc([Si](C)(C)C)c1. The maximum absolute atomic E-state index is 12.8. The molecule has 3 nitrogen and oxygen atoms in total. The second-order valence-electron chi connectivity index (χ2n) is 10.7. The smallest absolute Gasteiger partial charge is 0.309 e. The Kier molecular flexibility index (Phi) is 12.0. The molecule has 1 aliphatic rings. The molecular formula is C27H48O3Si. The molecule has 0 saturated heterocycles. The Hall–Kier alpha value is -1.03. The number of rotatable bonds is 15. The van der Waals surface area contributed by atoms with Crippen molar-refractivity contribution in [3.8, 4) is 0 Å². The summed E-state index contributed by atoms with van der Waals surface area (Å²) in [5, 5.41) is 1.10. The topological polar surface area (TPSA) is 39.4 Å². The van der Waals surface area contributed by atoms with E-state index in [0.29, 0.717) is 0 Å². The molecule has 31 heavy (non-hydrogen) atoms. The van der Waals surface area contributed by atoms with E-state index in [-0.39, 0.29) is 18.0 Å². The molecule has 1 fully saturated rings. The molecule has 0 N–H and O–H groups in total. The summed E-state index contributed by atoms with van der Waals surface area (Å²) in [6, 6.07) is 2.17. The van der Waals surface area contributed by atoms with Gasteiger partial charge in [-0.2, -0.15) is 0 Å². The molecule has 4 heteroatoms. The van der Waals surface area contributed by atoms with Gasteiger partial charge in [0.05, 0.1) is 17.6 Å². The molecule has 0 bridgehead atoms. The van der Waals surface area contributed by atoms with Crippen molar-refractivity contribution in [3.63, 3.8) is 0 Å². The van der Waals surface area contributed by atoms with Crippen LogP contribution in [0.4, 0.5) is 0 Å². The number of esters is 1. The molecule has 0 radical (unpaired) electrons. The number of hydrogen-bond donors (Lipinski definition) is 0. The third-order valence-electron chi connectivity index (χ3n) is 6.75. The minimum Gasteiger partial charge on any atom is -0.474 e. The first-order valence-corrected chi connectivity index (χ1v) is 16.7. The predicted octanol–water partition coefficient (Wildman–Crippen LogP) is 8.30. The number of ether oxygens (including phenoxy) is 1. The zero-order valence-electron chi connectivity index (χ0n) is 20.8. The first-order chi connectivity index (χ1) is 14.9. The number of unbranched alkanes of at least 4 members (excludes halogenated alkanes) is 9. The van der Waals surface area contributed by atoms with E-state index in [4.69, 9.17) is 9.15 Å². The van der Waals surface area contributed by atoms with Crippen molar-refractivity contribution in [2.75, 3.05) is 0 Å². The van der Waals surface area contributed by atoms with Crippen LogP contribution in [0.25, 0.3) is 0 Å². The van der Waals surface area contributed by atoms with Gasteiger partial charge in [0, 0.05) is 5.56 Å². The minimum absolute atomic E-state index is 0.0209. The Morgan fingerprint density at radius 1 is 0.968 bits per heavy atom. The van der Waals surface area contributed by atoms with Gasteiger partial charge in [0.2, 0.25) is 0 Å². The maximum Gasteiger partial charge on any atom is 0.309 e. The molecule has 1 aromatic heterocycles. The molecule has 1 heterocycles. The molecule has 0 amide bonds. The monoisotopic (exact) mass is 448 g/mol. The first-order valence-electron chi connectivity index (χ1n) is 13.2. The quantitative estimate of drug-likeness (QED) is 0.154. The number of carbonyl (C=O) groups excluding carboxylic acids is 1. The molecule has 1 atom stereocenters. The highest BCUT2D eigenvalue weighted by molar-refractivity contribution is 6.87. The summed E-state index contributed by atoms with van der Waals surface area (Å²) >= 11 is 0. The van der Waals surface area contributed by atoms with Crippen molar-refractivity contribution < 1.29 is 13.9 Å². The normalized spacial score (nSPS) is 16.4. The second kappa shape index (κ2) is 14.2. The molecule has 2 rings (SSSR count). The van der Waals surface area contributed by atoms with E-state index >= 15 is 0 Å². The van der Waals surface area contributed by atoms with Crippen LogP contribution in [0.15, 0.2) is 16.7 Å². The van der Waals surface area contributed by atoms with Gasteiger partial charge in [-0.25, -0.2) is 0 Å². The van der Waals surface area contributed by atoms with Gasteiger partial charge in [0.25, 0.3) is 0 Å². The third-order valence-corrected chi connectivity index (χ3v) is 8.49. The molecule has 0 aromatic carbocycles. The van der Waals surface area contributed by atoms with Crippen LogP contribution in [0.2, 0.25) is 19.6 Å². The van der Waals surface area contributed by atoms with Gasteiger partial charge in [-0.05, 0) is 31.7 Å². The maximum atomic E-state index is 12.8. The van der Waals surface area contributed by atoms with E-state index < -0.39 is 8.07 Å². The lowest BCUT2D eigenvalue weighted by molar-refractivity contribution is -0.156. The Morgan fingerprint density at radius 2 is 1.55 bits per heavy atom. The van der Waals surface area contributed by atoms with Gasteiger partial charge >= 0.3 is 5.97 Å². The van der Waals surface area contributed by atoms with Crippen LogP contribution >= 0.6 is 0 Å². The molecule has 1 saturated carbocycles. The van der Waals surface area contributed by atoms with Crippen LogP contribution in [0.5, 0.6) is 0 Å². The lowest BCUT2D eigenvalue weighted by atomic mass is 9.89. The van der Waals surface area contributed by atoms with Gasteiger partial charge < -0.3 is 9.15 Å². The fourth-order valence-corrected chi connectivity index (χ4v) is 5.61. The van der Waals surface area contributed by atoms with Gasteiger partial charge in [-0.15, -0.1) is 0 Å². The summed E-state index contributed by atoms with van der Waals surface area (Å²) in [5.41, 5.74) is 1.07. The van der Waals surface area contributed by atoms with Crippen LogP contribution < -0.4 is 5.38 Å². The van der Waals surface area contributed by atoms with Gasteiger partial charge in [-0.3, -0.25) is 4.79 Å². The van der Waals surface area contributed by atoms with Crippen LogP contribution in [0.1, 0.15) is 121 Å². The van der Waals surface area contributed by atoms with E-state index in [1.807, 2.05) is 6.26 Å². The Balaban J connectivity index is 1.80. The summed E-state index contributed by atoms with van der Waals surface area (Å²) in [6.45, 7) is 9.15. The van der Waals surface area contributed by atoms with E-state index in [1.54, 1.807) is 0 Å². The highest BCUT2D eigenvalue weighted by Gasteiger charge is 2.28. The summed E-state index contributed by atoms with van der Waals surface area (Å²) in [7, 11) is -1.50. The van der Waals surface area contributed by atoms with Crippen LogP contribution in [0.3, 0.4) is 0 Å². The summed E-state index contributed by atoms with van der Waals surface area (Å²) in [4.78, 5) is 12.8. The zero-order chi connectivity index (χ0) is 22.5. The van der Waals surface area contributed by atoms with Gasteiger partial charge in [0.15, 0.2) is 0 Å². The highest BCUT2D eigenvalue weighted by Crippen LogP contribution is 2.30. The molecule has 1 unspecified atom stereocenters. The second-order valence-corrected chi connectivity index (χ2v) is 15.7. The summed E-state index contributed by atoms with van der Waals surface area (Å²) < 4.78 is 12.0. The van der Waals surface area contributed by atoms with Gasteiger partial charge in [0.1, 0.15) is 14.2 Å². The van der Waals surface area contributed by atoms with Crippen molar-refractivity contribution in [1.29, 1.82) is 0 Å². The predicted molar refractivity (Wildman–Crippen MR) is 134 cm³/mol. The minimum atomic E-state index is -1.50. The lowest BCUT2D eigenvalue weighted by Gasteiger charge is -2.24. The van der Waals surface area contributed by atoms with E-state index in [1.165, 1.54) is 64.2 Å². The van der Waals surface area contributed by atoms with Crippen molar-refractivity contribution in [3.05, 3.63) is 17.9 Å². The van der Waals surface area contributed by atoms with E-state index in [2.05, 4.69) is 32.6 Å². The third kappa shape index (κ3) is 9.97. The molecule has 0 aliphatic heterocycles. The fourth-order valence-electron chi connectivity index (χ4n) is 4.60. The highest BCUT2D eigenvalue weighted by atomic mass is 28.3. The molecule has 0 spiro atoms. The number of hydrogen-bond acceptors (Lipinski definition) is 3. The van der Waals surface area contributed by atoms with Crippen LogP contribution in [-0.4, -0.2) is 14.0 Å². The number of carbonyl (C=O) groups is 1. The molecule has 1 aliphatic carbocycles. The average Bonchev–Trinajstić information content (AvgIpc) is 3.25. The van der Waals surface area contributed by atoms with Crippen molar-refractivity contribution in [2.45, 2.75) is 135 Å². The Bertz CT molecular complexity index is 610. The van der Waals surface area contributed by atoms with E-state index in [9.17, 15) is 4.79 Å².